The normalized spacial score (nSPS) is 23.5. The number of hydrogen-bond donors (Lipinski definition) is 0. The highest BCUT2D eigenvalue weighted by Gasteiger charge is 2.57. The monoisotopic (exact) mass is 516 g/mol. The number of benzene rings is 2. The summed E-state index contributed by atoms with van der Waals surface area (Å²) >= 11 is 0. The summed E-state index contributed by atoms with van der Waals surface area (Å²) in [5.41, 5.74) is 3.21. The summed E-state index contributed by atoms with van der Waals surface area (Å²) in [7, 11) is 3.79. The number of rotatable bonds is 6. The van der Waals surface area contributed by atoms with Crippen LogP contribution in [0.25, 0.3) is 0 Å². The van der Waals surface area contributed by atoms with Crippen molar-refractivity contribution in [2.75, 3.05) is 46.9 Å². The number of nitrogens with zero attached hydrogens (tertiary/aromatic N) is 4. The molecule has 4 fully saturated rings. The van der Waals surface area contributed by atoms with E-state index in [-0.39, 0.29) is 18.1 Å². The van der Waals surface area contributed by atoms with Crippen molar-refractivity contribution < 1.29 is 14.3 Å². The van der Waals surface area contributed by atoms with E-state index in [1.807, 2.05) is 21.9 Å². The van der Waals surface area contributed by atoms with Gasteiger partial charge in [0.1, 0.15) is 17.5 Å². The van der Waals surface area contributed by atoms with Crippen molar-refractivity contribution in [3.8, 4) is 5.75 Å². The molecule has 0 aromatic heterocycles. The molecule has 7 heteroatoms. The molecule has 202 valence electrons. The van der Waals surface area contributed by atoms with E-state index < -0.39 is 5.54 Å². The number of piperidine rings is 1. The van der Waals surface area contributed by atoms with Crippen LogP contribution in [0.5, 0.6) is 5.75 Å². The van der Waals surface area contributed by atoms with Gasteiger partial charge in [-0.15, -0.1) is 0 Å². The van der Waals surface area contributed by atoms with Crippen LogP contribution in [0.3, 0.4) is 0 Å². The fraction of sp³-hybridized carbons (Fsp3) is 0.548. The van der Waals surface area contributed by atoms with Gasteiger partial charge in [-0.2, -0.15) is 0 Å². The minimum absolute atomic E-state index is 0.102. The largest absolute Gasteiger partial charge is 0.497 e. The lowest BCUT2D eigenvalue weighted by Gasteiger charge is -2.42. The van der Waals surface area contributed by atoms with Gasteiger partial charge in [0.2, 0.25) is 5.91 Å². The first kappa shape index (κ1) is 25.2. The van der Waals surface area contributed by atoms with Crippen molar-refractivity contribution in [1.82, 2.24) is 19.6 Å². The Morgan fingerprint density at radius 3 is 2.11 bits per heavy atom. The highest BCUT2D eigenvalue weighted by atomic mass is 16.5. The van der Waals surface area contributed by atoms with Gasteiger partial charge in [-0.1, -0.05) is 36.4 Å². The third kappa shape index (κ3) is 4.55. The first-order chi connectivity index (χ1) is 18.5. The zero-order chi connectivity index (χ0) is 26.3. The molecule has 1 atom stereocenters. The number of urea groups is 1. The lowest BCUT2D eigenvalue weighted by Crippen LogP contribution is -2.57. The van der Waals surface area contributed by atoms with Crippen molar-refractivity contribution in [3.05, 3.63) is 65.2 Å². The summed E-state index contributed by atoms with van der Waals surface area (Å²) < 4.78 is 5.31. The summed E-state index contributed by atoms with van der Waals surface area (Å²) in [5.74, 6) is 1.76. The van der Waals surface area contributed by atoms with Crippen LogP contribution < -0.4 is 4.74 Å². The smallest absolute Gasteiger partial charge is 0.319 e. The molecule has 4 aliphatic rings. The average Bonchev–Trinajstić information content (AvgIpc) is 3.63. The maximum atomic E-state index is 14.3. The van der Waals surface area contributed by atoms with Crippen LogP contribution in [0.1, 0.15) is 67.3 Å². The Bertz CT molecular complexity index is 1150. The summed E-state index contributed by atoms with van der Waals surface area (Å²) in [4.78, 5) is 35.7. The molecule has 3 aliphatic heterocycles. The van der Waals surface area contributed by atoms with E-state index in [2.05, 4.69) is 53.2 Å². The number of methoxy groups -OCH3 is 1. The Kier molecular flexibility index (Phi) is 6.81. The second kappa shape index (κ2) is 10.3. The van der Waals surface area contributed by atoms with E-state index in [1.165, 1.54) is 29.5 Å². The summed E-state index contributed by atoms with van der Waals surface area (Å²) in [6.07, 6.45) is 6.79. The molecule has 0 bridgehead atoms. The number of ether oxygens (including phenoxy) is 1. The second-order valence-electron chi connectivity index (χ2n) is 11.5. The zero-order valence-corrected chi connectivity index (χ0v) is 22.8. The van der Waals surface area contributed by atoms with E-state index in [0.29, 0.717) is 38.4 Å². The molecule has 3 amide bonds. The number of carbonyl (C=O) groups excluding carboxylic acids is 2. The van der Waals surface area contributed by atoms with E-state index in [4.69, 9.17) is 4.74 Å². The van der Waals surface area contributed by atoms with Crippen molar-refractivity contribution in [3.63, 3.8) is 0 Å². The van der Waals surface area contributed by atoms with Crippen LogP contribution in [0, 0.1) is 0 Å². The van der Waals surface area contributed by atoms with Crippen LogP contribution in [-0.2, 0) is 11.2 Å². The maximum absolute atomic E-state index is 14.3. The molecule has 2 aromatic rings. The van der Waals surface area contributed by atoms with Gasteiger partial charge in [0.25, 0.3) is 0 Å². The van der Waals surface area contributed by atoms with Gasteiger partial charge in [0.15, 0.2) is 0 Å². The van der Waals surface area contributed by atoms with Gasteiger partial charge in [-0.25, -0.2) is 4.79 Å². The molecule has 1 aliphatic carbocycles. The average molecular weight is 517 g/mol. The third-order valence-electron chi connectivity index (χ3n) is 9.32. The van der Waals surface area contributed by atoms with Crippen molar-refractivity contribution in [1.29, 1.82) is 0 Å². The molecule has 0 radical (unpaired) electrons. The van der Waals surface area contributed by atoms with Gasteiger partial charge in [0, 0.05) is 32.7 Å². The van der Waals surface area contributed by atoms with Crippen LogP contribution in [0.15, 0.2) is 48.5 Å². The van der Waals surface area contributed by atoms with Gasteiger partial charge >= 0.3 is 6.03 Å². The number of likely N-dealkylation sites (N-methyl/N-ethyl adjacent to an activating group) is 1. The number of hydrogen-bond acceptors (Lipinski definition) is 4. The standard InChI is InChI=1S/C31H40N4O3/c1-32-28(26-11-9-25(10-12-26)24-7-8-24)35(20-15-23-5-13-27(38-2)14-6-23)29(36)31(32)16-21-34(22-17-31)30(37)33-18-3-4-19-33/h5-6,9-14,24,28H,3-4,7-8,15-22H2,1-2H3. The predicted octanol–water partition coefficient (Wildman–Crippen LogP) is 4.64. The minimum Gasteiger partial charge on any atom is -0.497 e. The molecule has 38 heavy (non-hydrogen) atoms. The molecule has 2 aromatic carbocycles. The summed E-state index contributed by atoms with van der Waals surface area (Å²) in [6, 6.07) is 17.3. The van der Waals surface area contributed by atoms with Crippen LogP contribution in [-0.4, -0.2) is 84.0 Å². The van der Waals surface area contributed by atoms with Crippen LogP contribution in [0.2, 0.25) is 0 Å². The maximum Gasteiger partial charge on any atom is 0.319 e. The first-order valence-corrected chi connectivity index (χ1v) is 14.3. The molecule has 7 nitrogen and oxygen atoms in total. The molecule has 1 spiro atoms. The van der Waals surface area contributed by atoms with Gasteiger partial charge in [-0.3, -0.25) is 9.69 Å². The topological polar surface area (TPSA) is 56.3 Å². The van der Waals surface area contributed by atoms with Crippen LogP contribution in [0.4, 0.5) is 4.79 Å². The fourth-order valence-corrected chi connectivity index (χ4v) is 6.74. The Labute approximate surface area is 226 Å². The van der Waals surface area contributed by atoms with Crippen molar-refractivity contribution in [2.24, 2.45) is 0 Å². The molecular formula is C31H40N4O3. The zero-order valence-electron chi connectivity index (χ0n) is 22.8. The van der Waals surface area contributed by atoms with Crippen molar-refractivity contribution >= 4 is 11.9 Å². The molecule has 6 rings (SSSR count). The third-order valence-corrected chi connectivity index (χ3v) is 9.32. The second-order valence-corrected chi connectivity index (χ2v) is 11.5. The van der Waals surface area contributed by atoms with E-state index in [0.717, 1.165) is 38.1 Å². The first-order valence-electron chi connectivity index (χ1n) is 14.3. The van der Waals surface area contributed by atoms with Gasteiger partial charge in [0.05, 0.1) is 7.11 Å². The van der Waals surface area contributed by atoms with Gasteiger partial charge in [-0.05, 0) is 86.7 Å². The van der Waals surface area contributed by atoms with E-state index in [1.54, 1.807) is 7.11 Å². The fourth-order valence-electron chi connectivity index (χ4n) is 6.74. The molecule has 1 saturated carbocycles. The number of amides is 3. The molecule has 1 unspecified atom stereocenters. The lowest BCUT2D eigenvalue weighted by molar-refractivity contribution is -0.135. The highest BCUT2D eigenvalue weighted by molar-refractivity contribution is 5.89. The summed E-state index contributed by atoms with van der Waals surface area (Å²) in [5, 5.41) is 0. The lowest BCUT2D eigenvalue weighted by atomic mass is 9.86. The Hall–Kier alpha value is -3.06. The molecule has 0 N–H and O–H groups in total. The highest BCUT2D eigenvalue weighted by Crippen LogP contribution is 2.46. The minimum atomic E-state index is -0.568. The molecular weight excluding hydrogens is 476 g/mol. The van der Waals surface area contributed by atoms with Gasteiger partial charge < -0.3 is 19.4 Å². The number of carbonyl (C=O) groups is 2. The Morgan fingerprint density at radius 1 is 0.895 bits per heavy atom. The number of likely N-dealkylation sites (tertiary alicyclic amines) is 2. The van der Waals surface area contributed by atoms with Crippen molar-refractivity contribution in [2.45, 2.75) is 62.6 Å². The SMILES string of the molecule is COc1ccc(CCN2C(=O)C3(CCN(C(=O)N4CCCC4)CC3)N(C)C2c2ccc(C3CC3)cc2)cc1. The predicted molar refractivity (Wildman–Crippen MR) is 147 cm³/mol. The Balaban J connectivity index is 1.23. The summed E-state index contributed by atoms with van der Waals surface area (Å²) in [6.45, 7) is 3.63. The van der Waals surface area contributed by atoms with E-state index >= 15 is 0 Å². The quantitative estimate of drug-likeness (QED) is 0.562. The van der Waals surface area contributed by atoms with E-state index in [9.17, 15) is 9.59 Å². The Morgan fingerprint density at radius 2 is 1.50 bits per heavy atom. The van der Waals surface area contributed by atoms with Crippen LogP contribution >= 0.6 is 0 Å². The molecule has 3 heterocycles. The molecule has 3 saturated heterocycles.